The maximum atomic E-state index is 12.8. The van der Waals surface area contributed by atoms with Gasteiger partial charge in [0.25, 0.3) is 5.91 Å². The largest absolute Gasteiger partial charge is 0.493 e. The first-order valence-corrected chi connectivity index (χ1v) is 10.9. The van der Waals surface area contributed by atoms with Gasteiger partial charge in [0.1, 0.15) is 4.83 Å². The van der Waals surface area contributed by atoms with E-state index in [1.165, 1.54) is 16.9 Å². The zero-order valence-electron chi connectivity index (χ0n) is 18.1. The summed E-state index contributed by atoms with van der Waals surface area (Å²) < 4.78 is 12.5. The summed E-state index contributed by atoms with van der Waals surface area (Å²) in [5.74, 6) is 1.31. The first-order valence-electron chi connectivity index (χ1n) is 10.1. The van der Waals surface area contributed by atoms with Crippen LogP contribution < -0.4 is 14.8 Å². The van der Waals surface area contributed by atoms with Gasteiger partial charge in [-0.3, -0.25) is 4.79 Å². The summed E-state index contributed by atoms with van der Waals surface area (Å²) in [5.41, 5.74) is 4.17. The van der Waals surface area contributed by atoms with Crippen molar-refractivity contribution in [3.8, 4) is 17.2 Å². The molecule has 0 atom stereocenters. The van der Waals surface area contributed by atoms with Crippen molar-refractivity contribution >= 4 is 27.5 Å². The molecule has 0 saturated heterocycles. The van der Waals surface area contributed by atoms with Gasteiger partial charge in [0, 0.05) is 11.9 Å². The minimum atomic E-state index is -0.0727. The minimum Gasteiger partial charge on any atom is -0.493 e. The van der Waals surface area contributed by atoms with Gasteiger partial charge in [-0.15, -0.1) is 11.3 Å². The van der Waals surface area contributed by atoms with Gasteiger partial charge < -0.3 is 14.8 Å². The number of fused-ring (bicyclic) bond motifs is 1. The lowest BCUT2D eigenvalue weighted by Crippen LogP contribution is -2.24. The average molecular weight is 436 g/mol. The Morgan fingerprint density at radius 1 is 1.03 bits per heavy atom. The Morgan fingerprint density at radius 2 is 1.77 bits per heavy atom. The van der Waals surface area contributed by atoms with Gasteiger partial charge in [-0.2, -0.15) is 5.10 Å². The van der Waals surface area contributed by atoms with E-state index in [2.05, 4.69) is 29.5 Å². The molecule has 6 nitrogen and oxygen atoms in total. The summed E-state index contributed by atoms with van der Waals surface area (Å²) in [5, 5.41) is 8.69. The third kappa shape index (κ3) is 4.27. The Kier molecular flexibility index (Phi) is 5.95. The second kappa shape index (κ2) is 8.81. The fraction of sp³-hybridized carbons (Fsp3) is 0.250. The number of thiophene rings is 1. The number of amides is 1. The SMILES string of the molecule is COc1ccc(CCNC(=O)c2cc3c(C)nn(-c4ccc(C)cc4)c3s2)cc1OC. The van der Waals surface area contributed by atoms with Crippen LogP contribution in [0.5, 0.6) is 11.5 Å². The van der Waals surface area contributed by atoms with E-state index < -0.39 is 0 Å². The monoisotopic (exact) mass is 435 g/mol. The van der Waals surface area contributed by atoms with Crippen molar-refractivity contribution in [2.24, 2.45) is 0 Å². The van der Waals surface area contributed by atoms with Gasteiger partial charge in [0.05, 0.1) is 30.5 Å². The van der Waals surface area contributed by atoms with Crippen LogP contribution in [0, 0.1) is 13.8 Å². The zero-order chi connectivity index (χ0) is 22.0. The molecule has 0 aliphatic rings. The van der Waals surface area contributed by atoms with Crippen LogP contribution in [-0.4, -0.2) is 36.5 Å². The third-order valence-electron chi connectivity index (χ3n) is 5.19. The van der Waals surface area contributed by atoms with Crippen molar-refractivity contribution in [2.45, 2.75) is 20.3 Å². The number of methoxy groups -OCH3 is 2. The Balaban J connectivity index is 1.47. The van der Waals surface area contributed by atoms with E-state index in [-0.39, 0.29) is 5.91 Å². The first-order chi connectivity index (χ1) is 15.0. The quantitative estimate of drug-likeness (QED) is 0.457. The van der Waals surface area contributed by atoms with Crippen molar-refractivity contribution in [2.75, 3.05) is 20.8 Å². The van der Waals surface area contributed by atoms with Crippen LogP contribution >= 0.6 is 11.3 Å². The molecule has 0 bridgehead atoms. The molecule has 4 aromatic rings. The molecular weight excluding hydrogens is 410 g/mol. The maximum Gasteiger partial charge on any atom is 0.261 e. The summed E-state index contributed by atoms with van der Waals surface area (Å²) in [6, 6.07) is 15.9. The Bertz CT molecular complexity index is 1230. The van der Waals surface area contributed by atoms with Crippen molar-refractivity contribution in [1.29, 1.82) is 0 Å². The molecule has 0 unspecified atom stereocenters. The van der Waals surface area contributed by atoms with Crippen molar-refractivity contribution in [3.05, 3.63) is 70.2 Å². The maximum absolute atomic E-state index is 12.8. The van der Waals surface area contributed by atoms with Gasteiger partial charge >= 0.3 is 0 Å². The Hall–Kier alpha value is -3.32. The van der Waals surface area contributed by atoms with E-state index in [9.17, 15) is 4.79 Å². The lowest BCUT2D eigenvalue weighted by Gasteiger charge is -2.10. The average Bonchev–Trinajstić information content (AvgIpc) is 3.35. The van der Waals surface area contributed by atoms with Gasteiger partial charge in [-0.25, -0.2) is 4.68 Å². The molecule has 4 rings (SSSR count). The summed E-state index contributed by atoms with van der Waals surface area (Å²) >= 11 is 1.46. The minimum absolute atomic E-state index is 0.0727. The summed E-state index contributed by atoms with van der Waals surface area (Å²) in [6.45, 7) is 4.56. The number of benzene rings is 2. The van der Waals surface area contributed by atoms with Crippen molar-refractivity contribution in [1.82, 2.24) is 15.1 Å². The standard InChI is InChI=1S/C24H25N3O3S/c1-15-5-8-18(9-6-15)27-24-19(16(2)26-27)14-22(31-24)23(28)25-12-11-17-7-10-20(29-3)21(13-17)30-4/h5-10,13-14H,11-12H2,1-4H3,(H,25,28). The number of carbonyl (C=O) groups excluding carboxylic acids is 1. The van der Waals surface area contributed by atoms with Crippen LogP contribution in [0.2, 0.25) is 0 Å². The van der Waals surface area contributed by atoms with Gasteiger partial charge in [-0.05, 0) is 56.2 Å². The molecule has 2 aromatic heterocycles. The van der Waals surface area contributed by atoms with Gasteiger partial charge in [-0.1, -0.05) is 23.8 Å². The zero-order valence-corrected chi connectivity index (χ0v) is 18.9. The number of carbonyl (C=O) groups is 1. The van der Waals surface area contributed by atoms with Crippen LogP contribution in [0.15, 0.2) is 48.5 Å². The highest BCUT2D eigenvalue weighted by molar-refractivity contribution is 7.20. The topological polar surface area (TPSA) is 65.4 Å². The molecule has 2 heterocycles. The molecule has 1 N–H and O–H groups in total. The second-order valence-electron chi connectivity index (χ2n) is 7.36. The molecule has 2 aromatic carbocycles. The lowest BCUT2D eigenvalue weighted by atomic mass is 10.1. The number of ether oxygens (including phenoxy) is 2. The van der Waals surface area contributed by atoms with E-state index in [4.69, 9.17) is 9.47 Å². The summed E-state index contributed by atoms with van der Waals surface area (Å²) in [4.78, 5) is 14.4. The van der Waals surface area contributed by atoms with Crippen LogP contribution in [0.3, 0.4) is 0 Å². The highest BCUT2D eigenvalue weighted by atomic mass is 32.1. The number of nitrogens with zero attached hydrogens (tertiary/aromatic N) is 2. The number of nitrogens with one attached hydrogen (secondary N) is 1. The first kappa shape index (κ1) is 20.9. The lowest BCUT2D eigenvalue weighted by molar-refractivity contribution is 0.0958. The molecular formula is C24H25N3O3S. The third-order valence-corrected chi connectivity index (χ3v) is 6.30. The molecule has 0 aliphatic carbocycles. The van der Waals surface area contributed by atoms with Crippen molar-refractivity contribution in [3.63, 3.8) is 0 Å². The number of hydrogen-bond acceptors (Lipinski definition) is 5. The molecule has 7 heteroatoms. The molecule has 0 spiro atoms. The van der Waals surface area contributed by atoms with Crippen LogP contribution in [-0.2, 0) is 6.42 Å². The van der Waals surface area contributed by atoms with Crippen LogP contribution in [0.25, 0.3) is 15.9 Å². The van der Waals surface area contributed by atoms with Gasteiger partial charge in [0.2, 0.25) is 0 Å². The second-order valence-corrected chi connectivity index (χ2v) is 8.39. The van der Waals surface area contributed by atoms with E-state index >= 15 is 0 Å². The normalized spacial score (nSPS) is 11.0. The Labute approximate surface area is 185 Å². The molecule has 0 fully saturated rings. The van der Waals surface area contributed by atoms with Crippen LogP contribution in [0.1, 0.15) is 26.5 Å². The Morgan fingerprint density at radius 3 is 2.48 bits per heavy atom. The van der Waals surface area contributed by atoms with E-state index in [1.807, 2.05) is 48.0 Å². The van der Waals surface area contributed by atoms with E-state index in [0.717, 1.165) is 27.2 Å². The van der Waals surface area contributed by atoms with E-state index in [0.29, 0.717) is 29.3 Å². The number of rotatable bonds is 7. The fourth-order valence-electron chi connectivity index (χ4n) is 3.46. The fourth-order valence-corrected chi connectivity index (χ4v) is 4.56. The summed E-state index contributed by atoms with van der Waals surface area (Å²) in [6.07, 6.45) is 0.702. The number of hydrogen-bond donors (Lipinski definition) is 1. The van der Waals surface area contributed by atoms with Crippen LogP contribution in [0.4, 0.5) is 0 Å². The van der Waals surface area contributed by atoms with Gasteiger partial charge in [0.15, 0.2) is 11.5 Å². The smallest absolute Gasteiger partial charge is 0.261 e. The van der Waals surface area contributed by atoms with Crippen molar-refractivity contribution < 1.29 is 14.3 Å². The number of aromatic nitrogens is 2. The molecule has 0 aliphatic heterocycles. The molecule has 160 valence electrons. The molecule has 0 radical (unpaired) electrons. The number of aryl methyl sites for hydroxylation is 2. The van der Waals surface area contributed by atoms with E-state index in [1.54, 1.807) is 14.2 Å². The molecule has 31 heavy (non-hydrogen) atoms. The predicted octanol–water partition coefficient (Wildman–Crippen LogP) is 4.69. The molecule has 0 saturated carbocycles. The highest BCUT2D eigenvalue weighted by Gasteiger charge is 2.17. The molecule has 1 amide bonds. The summed E-state index contributed by atoms with van der Waals surface area (Å²) in [7, 11) is 3.23. The predicted molar refractivity (Wildman–Crippen MR) is 124 cm³/mol. The highest BCUT2D eigenvalue weighted by Crippen LogP contribution is 2.31.